The van der Waals surface area contributed by atoms with Crippen LogP contribution in [0.1, 0.15) is 44.7 Å². The lowest BCUT2D eigenvalue weighted by Gasteiger charge is -2.27. The molecule has 5 heteroatoms. The molecule has 0 bridgehead atoms. The monoisotopic (exact) mass is 344 g/mol. The standard InChI is InChI=1S/C17H25ClN2O.ClH/c1-11(2)16(14-7-3-4-9-15(14)18)20-17(21)13-8-5-6-12(13)10-19;/h3-4,7,9,11-13,16H,5-6,8,10,19H2,1-2H3,(H,20,21);1H/t12-,13-,16?;/m1./s1. The van der Waals surface area contributed by atoms with E-state index in [0.717, 1.165) is 24.8 Å². The second-order valence-electron chi connectivity index (χ2n) is 6.28. The molecule has 3 atom stereocenters. The molecule has 124 valence electrons. The van der Waals surface area contributed by atoms with Crippen molar-refractivity contribution >= 4 is 29.9 Å². The topological polar surface area (TPSA) is 55.1 Å². The third-order valence-corrected chi connectivity index (χ3v) is 4.85. The quantitative estimate of drug-likeness (QED) is 0.849. The first kappa shape index (κ1) is 19.3. The lowest BCUT2D eigenvalue weighted by Crippen LogP contribution is -2.39. The Morgan fingerprint density at radius 2 is 2.05 bits per heavy atom. The molecule has 0 aromatic heterocycles. The lowest BCUT2D eigenvalue weighted by molar-refractivity contribution is -0.127. The molecule has 0 saturated heterocycles. The number of halogens is 2. The zero-order chi connectivity index (χ0) is 15.4. The van der Waals surface area contributed by atoms with Gasteiger partial charge >= 0.3 is 0 Å². The van der Waals surface area contributed by atoms with Crippen molar-refractivity contribution in [1.82, 2.24) is 5.32 Å². The summed E-state index contributed by atoms with van der Waals surface area (Å²) in [7, 11) is 0. The van der Waals surface area contributed by atoms with Crippen LogP contribution in [0.2, 0.25) is 5.02 Å². The SMILES string of the molecule is CC(C)C(NC(=O)[C@@H]1CCC[C@@H]1CN)c1ccccc1Cl.Cl. The number of hydrogen-bond donors (Lipinski definition) is 2. The fourth-order valence-corrected chi connectivity index (χ4v) is 3.51. The van der Waals surface area contributed by atoms with Gasteiger partial charge in [-0.05, 0) is 42.9 Å². The van der Waals surface area contributed by atoms with E-state index in [0.29, 0.717) is 17.5 Å². The number of rotatable bonds is 5. The molecule has 1 saturated carbocycles. The van der Waals surface area contributed by atoms with Crippen molar-refractivity contribution in [3.63, 3.8) is 0 Å². The fraction of sp³-hybridized carbons (Fsp3) is 0.588. The average molecular weight is 345 g/mol. The van der Waals surface area contributed by atoms with Gasteiger partial charge in [0.1, 0.15) is 0 Å². The summed E-state index contributed by atoms with van der Waals surface area (Å²) >= 11 is 6.29. The molecule has 0 radical (unpaired) electrons. The van der Waals surface area contributed by atoms with E-state index >= 15 is 0 Å². The number of hydrogen-bond acceptors (Lipinski definition) is 2. The van der Waals surface area contributed by atoms with E-state index in [1.807, 2.05) is 24.3 Å². The van der Waals surface area contributed by atoms with Crippen molar-refractivity contribution < 1.29 is 4.79 Å². The molecule has 1 aliphatic carbocycles. The van der Waals surface area contributed by atoms with E-state index in [-0.39, 0.29) is 36.2 Å². The summed E-state index contributed by atoms with van der Waals surface area (Å²) < 4.78 is 0. The number of nitrogens with one attached hydrogen (secondary N) is 1. The molecule has 1 aromatic rings. The van der Waals surface area contributed by atoms with Gasteiger partial charge in [0.2, 0.25) is 5.91 Å². The van der Waals surface area contributed by atoms with Crippen LogP contribution >= 0.6 is 24.0 Å². The van der Waals surface area contributed by atoms with Gasteiger partial charge in [0.25, 0.3) is 0 Å². The van der Waals surface area contributed by atoms with Crippen LogP contribution in [-0.4, -0.2) is 12.5 Å². The minimum Gasteiger partial charge on any atom is -0.349 e. The molecule has 22 heavy (non-hydrogen) atoms. The second kappa shape index (κ2) is 8.76. The predicted octanol–water partition coefficient (Wildman–Crippen LogP) is 3.95. The van der Waals surface area contributed by atoms with E-state index in [1.54, 1.807) is 0 Å². The van der Waals surface area contributed by atoms with Crippen LogP contribution in [0.5, 0.6) is 0 Å². The molecule has 1 unspecified atom stereocenters. The third-order valence-electron chi connectivity index (χ3n) is 4.50. The van der Waals surface area contributed by atoms with Gasteiger partial charge in [-0.15, -0.1) is 12.4 Å². The van der Waals surface area contributed by atoms with Gasteiger partial charge in [-0.1, -0.05) is 50.1 Å². The van der Waals surface area contributed by atoms with Crippen molar-refractivity contribution in [3.8, 4) is 0 Å². The zero-order valence-electron chi connectivity index (χ0n) is 13.2. The highest BCUT2D eigenvalue weighted by Crippen LogP contribution is 2.33. The molecule has 1 aromatic carbocycles. The maximum absolute atomic E-state index is 12.6. The highest BCUT2D eigenvalue weighted by Gasteiger charge is 2.33. The smallest absolute Gasteiger partial charge is 0.223 e. The van der Waals surface area contributed by atoms with Crippen molar-refractivity contribution in [2.75, 3.05) is 6.54 Å². The molecule has 1 aliphatic rings. The van der Waals surface area contributed by atoms with Gasteiger partial charge in [-0.3, -0.25) is 4.79 Å². The second-order valence-corrected chi connectivity index (χ2v) is 6.69. The van der Waals surface area contributed by atoms with Gasteiger partial charge in [0, 0.05) is 10.9 Å². The van der Waals surface area contributed by atoms with E-state index in [9.17, 15) is 4.79 Å². The summed E-state index contributed by atoms with van der Waals surface area (Å²) in [5.41, 5.74) is 6.78. The van der Waals surface area contributed by atoms with E-state index in [2.05, 4.69) is 19.2 Å². The highest BCUT2D eigenvalue weighted by atomic mass is 35.5. The Hall–Kier alpha value is -0.770. The molecular weight excluding hydrogens is 319 g/mol. The largest absolute Gasteiger partial charge is 0.349 e. The van der Waals surface area contributed by atoms with Crippen LogP contribution in [0.25, 0.3) is 0 Å². The minimum absolute atomic E-state index is 0. The van der Waals surface area contributed by atoms with Crippen LogP contribution in [0.15, 0.2) is 24.3 Å². The van der Waals surface area contributed by atoms with Crippen LogP contribution < -0.4 is 11.1 Å². The minimum atomic E-state index is -0.0507. The Morgan fingerprint density at radius 3 is 2.64 bits per heavy atom. The maximum Gasteiger partial charge on any atom is 0.223 e. The maximum atomic E-state index is 12.6. The first-order chi connectivity index (χ1) is 10.0. The molecular formula is C17H26Cl2N2O. The molecule has 3 nitrogen and oxygen atoms in total. The summed E-state index contributed by atoms with van der Waals surface area (Å²) in [5.74, 6) is 0.788. The van der Waals surface area contributed by atoms with Gasteiger partial charge < -0.3 is 11.1 Å². The molecule has 0 heterocycles. The normalized spacial score (nSPS) is 22.2. The molecule has 2 rings (SSSR count). The third kappa shape index (κ3) is 4.37. The highest BCUT2D eigenvalue weighted by molar-refractivity contribution is 6.31. The van der Waals surface area contributed by atoms with Crippen LogP contribution in [0.3, 0.4) is 0 Å². The molecule has 1 fully saturated rings. The Labute approximate surface area is 144 Å². The lowest BCUT2D eigenvalue weighted by atomic mass is 9.92. The number of carbonyl (C=O) groups is 1. The Balaban J connectivity index is 0.00000242. The van der Waals surface area contributed by atoms with Crippen LogP contribution in [-0.2, 0) is 4.79 Å². The van der Waals surface area contributed by atoms with Crippen LogP contribution in [0.4, 0.5) is 0 Å². The van der Waals surface area contributed by atoms with Gasteiger partial charge in [-0.25, -0.2) is 0 Å². The van der Waals surface area contributed by atoms with Crippen molar-refractivity contribution in [1.29, 1.82) is 0 Å². The Bertz CT molecular complexity index is 493. The molecule has 1 amide bonds. The number of amides is 1. The number of carbonyl (C=O) groups excluding carboxylic acids is 1. The van der Waals surface area contributed by atoms with Crippen LogP contribution in [0, 0.1) is 17.8 Å². The van der Waals surface area contributed by atoms with Gasteiger partial charge in [0.15, 0.2) is 0 Å². The Kier molecular flexibility index (Phi) is 7.67. The van der Waals surface area contributed by atoms with Crippen molar-refractivity contribution in [2.45, 2.75) is 39.2 Å². The molecule has 3 N–H and O–H groups in total. The Morgan fingerprint density at radius 1 is 1.36 bits per heavy atom. The van der Waals surface area contributed by atoms with E-state index in [4.69, 9.17) is 17.3 Å². The van der Waals surface area contributed by atoms with Gasteiger partial charge in [-0.2, -0.15) is 0 Å². The first-order valence-corrected chi connectivity index (χ1v) is 8.17. The van der Waals surface area contributed by atoms with Crippen molar-refractivity contribution in [3.05, 3.63) is 34.9 Å². The first-order valence-electron chi connectivity index (χ1n) is 7.79. The molecule has 0 aliphatic heterocycles. The summed E-state index contributed by atoms with van der Waals surface area (Å²) in [5, 5.41) is 3.91. The number of nitrogens with two attached hydrogens (primary N) is 1. The number of benzene rings is 1. The summed E-state index contributed by atoms with van der Waals surface area (Å²) in [6, 6.07) is 7.68. The molecule has 0 spiro atoms. The fourth-order valence-electron chi connectivity index (χ4n) is 3.26. The predicted molar refractivity (Wildman–Crippen MR) is 94.3 cm³/mol. The van der Waals surface area contributed by atoms with E-state index < -0.39 is 0 Å². The zero-order valence-corrected chi connectivity index (χ0v) is 14.8. The van der Waals surface area contributed by atoms with E-state index in [1.165, 1.54) is 0 Å². The van der Waals surface area contributed by atoms with Crippen molar-refractivity contribution in [2.24, 2.45) is 23.5 Å². The van der Waals surface area contributed by atoms with Gasteiger partial charge in [0.05, 0.1) is 6.04 Å². The summed E-state index contributed by atoms with van der Waals surface area (Å²) in [6.07, 6.45) is 3.10. The summed E-state index contributed by atoms with van der Waals surface area (Å²) in [4.78, 5) is 12.6. The summed E-state index contributed by atoms with van der Waals surface area (Å²) in [6.45, 7) is 4.79. The average Bonchev–Trinajstić information content (AvgIpc) is 2.93.